The first-order valence-electron chi connectivity index (χ1n) is 8.49. The molecule has 0 saturated carbocycles. The molecular weight excluding hydrogens is 369 g/mol. The van der Waals surface area contributed by atoms with Crippen LogP contribution in [0, 0.1) is 5.82 Å². The van der Waals surface area contributed by atoms with Gasteiger partial charge in [0.1, 0.15) is 11.6 Å². The van der Waals surface area contributed by atoms with Gasteiger partial charge >= 0.3 is 5.97 Å². The van der Waals surface area contributed by atoms with Crippen LogP contribution < -0.4 is 19.5 Å². The number of methoxy groups -OCH3 is 2. The molecule has 0 aliphatic heterocycles. The summed E-state index contributed by atoms with van der Waals surface area (Å²) in [6, 6.07) is 10.1. The number of halogens is 1. The molecule has 0 spiro atoms. The van der Waals surface area contributed by atoms with Crippen LogP contribution in [0.25, 0.3) is 0 Å². The van der Waals surface area contributed by atoms with Crippen LogP contribution in [0.3, 0.4) is 0 Å². The zero-order valence-corrected chi connectivity index (χ0v) is 16.0. The molecule has 0 saturated heterocycles. The van der Waals surface area contributed by atoms with Crippen molar-refractivity contribution in [2.45, 2.75) is 26.1 Å². The predicted octanol–water partition coefficient (Wildman–Crippen LogP) is 3.18. The molecular formula is C20H22FNO6. The molecule has 7 nitrogen and oxygen atoms in total. The molecule has 2 aromatic rings. The average Bonchev–Trinajstić information content (AvgIpc) is 2.69. The van der Waals surface area contributed by atoms with Gasteiger partial charge in [-0.25, -0.2) is 9.18 Å². The van der Waals surface area contributed by atoms with E-state index in [0.29, 0.717) is 22.9 Å². The molecule has 1 N–H and O–H groups in total. The number of rotatable bonds is 8. The summed E-state index contributed by atoms with van der Waals surface area (Å²) in [5.74, 6) is -0.372. The van der Waals surface area contributed by atoms with Crippen LogP contribution in [-0.4, -0.2) is 38.3 Å². The highest BCUT2D eigenvalue weighted by molar-refractivity contribution is 5.95. The standard InChI is InChI=1S/C20H22FNO6/c1-12(19(23)22-15-7-10-17(25-3)18(11-15)26-4)28-20(24)13(2)27-16-8-5-14(21)6-9-16/h5-13H,1-4H3,(H,22,23)/t12-,13+/m1/s1. The van der Waals surface area contributed by atoms with E-state index in [9.17, 15) is 14.0 Å². The van der Waals surface area contributed by atoms with Gasteiger partial charge in [0, 0.05) is 11.8 Å². The molecule has 2 atom stereocenters. The maximum atomic E-state index is 12.9. The zero-order chi connectivity index (χ0) is 20.7. The van der Waals surface area contributed by atoms with Gasteiger partial charge in [0.25, 0.3) is 5.91 Å². The lowest BCUT2D eigenvalue weighted by molar-refractivity contribution is -0.159. The Labute approximate surface area is 162 Å². The second-order valence-electron chi connectivity index (χ2n) is 5.85. The summed E-state index contributed by atoms with van der Waals surface area (Å²) in [6.07, 6.45) is -2.03. The fourth-order valence-corrected chi connectivity index (χ4v) is 2.25. The van der Waals surface area contributed by atoms with E-state index < -0.39 is 29.9 Å². The number of carbonyl (C=O) groups excluding carboxylic acids is 2. The first kappa shape index (κ1) is 21.0. The number of esters is 1. The number of hydrogen-bond donors (Lipinski definition) is 1. The van der Waals surface area contributed by atoms with E-state index in [0.717, 1.165) is 0 Å². The summed E-state index contributed by atoms with van der Waals surface area (Å²) < 4.78 is 33.7. The number of amides is 1. The van der Waals surface area contributed by atoms with Gasteiger partial charge in [0.05, 0.1) is 14.2 Å². The molecule has 2 rings (SSSR count). The van der Waals surface area contributed by atoms with E-state index in [2.05, 4.69) is 5.32 Å². The Bertz CT molecular complexity index is 824. The Kier molecular flexibility index (Phi) is 7.20. The fourth-order valence-electron chi connectivity index (χ4n) is 2.25. The maximum absolute atomic E-state index is 12.9. The highest BCUT2D eigenvalue weighted by Gasteiger charge is 2.23. The van der Waals surface area contributed by atoms with Crippen molar-refractivity contribution in [2.75, 3.05) is 19.5 Å². The Morgan fingerprint density at radius 3 is 2.18 bits per heavy atom. The Hall–Kier alpha value is -3.29. The Balaban J connectivity index is 1.92. The molecule has 0 heterocycles. The van der Waals surface area contributed by atoms with Crippen LogP contribution >= 0.6 is 0 Å². The summed E-state index contributed by atoms with van der Waals surface area (Å²) in [4.78, 5) is 24.4. The lowest BCUT2D eigenvalue weighted by atomic mass is 10.2. The summed E-state index contributed by atoms with van der Waals surface area (Å²) >= 11 is 0. The van der Waals surface area contributed by atoms with E-state index in [4.69, 9.17) is 18.9 Å². The average molecular weight is 391 g/mol. The second-order valence-corrected chi connectivity index (χ2v) is 5.85. The minimum atomic E-state index is -1.06. The van der Waals surface area contributed by atoms with Gasteiger partial charge in [-0.1, -0.05) is 0 Å². The molecule has 0 aromatic heterocycles. The number of nitrogens with one attached hydrogen (secondary N) is 1. The fraction of sp³-hybridized carbons (Fsp3) is 0.300. The smallest absolute Gasteiger partial charge is 0.347 e. The summed E-state index contributed by atoms with van der Waals surface area (Å²) in [7, 11) is 2.99. The van der Waals surface area contributed by atoms with Gasteiger partial charge in [0.2, 0.25) is 0 Å². The predicted molar refractivity (Wildman–Crippen MR) is 100 cm³/mol. The number of ether oxygens (including phenoxy) is 4. The first-order chi connectivity index (χ1) is 13.3. The van der Waals surface area contributed by atoms with Crippen molar-refractivity contribution in [1.82, 2.24) is 0 Å². The topological polar surface area (TPSA) is 83.1 Å². The summed E-state index contributed by atoms with van der Waals surface area (Å²) in [5.41, 5.74) is 0.459. The van der Waals surface area contributed by atoms with Crippen LogP contribution in [0.1, 0.15) is 13.8 Å². The van der Waals surface area contributed by atoms with Crippen molar-refractivity contribution in [3.05, 3.63) is 48.3 Å². The van der Waals surface area contributed by atoms with Crippen molar-refractivity contribution >= 4 is 17.6 Å². The van der Waals surface area contributed by atoms with Gasteiger partial charge in [0.15, 0.2) is 23.7 Å². The van der Waals surface area contributed by atoms with Gasteiger partial charge in [-0.15, -0.1) is 0 Å². The Morgan fingerprint density at radius 1 is 0.929 bits per heavy atom. The number of benzene rings is 2. The van der Waals surface area contributed by atoms with E-state index in [1.54, 1.807) is 18.2 Å². The van der Waals surface area contributed by atoms with E-state index in [1.807, 2.05) is 0 Å². The molecule has 0 fully saturated rings. The van der Waals surface area contributed by atoms with Gasteiger partial charge in [-0.2, -0.15) is 0 Å². The number of anilines is 1. The van der Waals surface area contributed by atoms with Gasteiger partial charge < -0.3 is 24.3 Å². The largest absolute Gasteiger partial charge is 0.493 e. The van der Waals surface area contributed by atoms with Crippen LogP contribution in [0.5, 0.6) is 17.2 Å². The van der Waals surface area contributed by atoms with E-state index in [-0.39, 0.29) is 0 Å². The van der Waals surface area contributed by atoms with Gasteiger partial charge in [-0.3, -0.25) is 4.79 Å². The minimum Gasteiger partial charge on any atom is -0.493 e. The van der Waals surface area contributed by atoms with Crippen LogP contribution in [-0.2, 0) is 14.3 Å². The minimum absolute atomic E-state index is 0.313. The lowest BCUT2D eigenvalue weighted by Crippen LogP contribution is -2.35. The highest BCUT2D eigenvalue weighted by atomic mass is 19.1. The molecule has 8 heteroatoms. The zero-order valence-electron chi connectivity index (χ0n) is 16.0. The molecule has 0 aliphatic carbocycles. The normalized spacial score (nSPS) is 12.5. The SMILES string of the molecule is COc1ccc(NC(=O)[C@@H](C)OC(=O)[C@H](C)Oc2ccc(F)cc2)cc1OC. The Morgan fingerprint density at radius 2 is 1.57 bits per heavy atom. The first-order valence-corrected chi connectivity index (χ1v) is 8.49. The lowest BCUT2D eigenvalue weighted by Gasteiger charge is -2.18. The van der Waals surface area contributed by atoms with E-state index in [1.165, 1.54) is 52.3 Å². The third kappa shape index (κ3) is 5.60. The quantitative estimate of drug-likeness (QED) is 0.696. The highest BCUT2D eigenvalue weighted by Crippen LogP contribution is 2.29. The molecule has 0 bridgehead atoms. The monoisotopic (exact) mass is 391 g/mol. The number of hydrogen-bond acceptors (Lipinski definition) is 6. The van der Waals surface area contributed by atoms with Crippen molar-refractivity contribution in [1.29, 1.82) is 0 Å². The van der Waals surface area contributed by atoms with Gasteiger partial charge in [-0.05, 0) is 50.2 Å². The van der Waals surface area contributed by atoms with Crippen molar-refractivity contribution in [3.63, 3.8) is 0 Å². The van der Waals surface area contributed by atoms with Crippen molar-refractivity contribution in [2.24, 2.45) is 0 Å². The molecule has 2 aromatic carbocycles. The third-order valence-corrected chi connectivity index (χ3v) is 3.77. The summed E-state index contributed by atoms with van der Waals surface area (Å²) in [5, 5.41) is 2.63. The van der Waals surface area contributed by atoms with Crippen LogP contribution in [0.4, 0.5) is 10.1 Å². The molecule has 0 unspecified atom stereocenters. The molecule has 0 radical (unpaired) electrons. The third-order valence-electron chi connectivity index (χ3n) is 3.77. The van der Waals surface area contributed by atoms with Crippen molar-refractivity contribution in [3.8, 4) is 17.2 Å². The van der Waals surface area contributed by atoms with E-state index >= 15 is 0 Å². The molecule has 28 heavy (non-hydrogen) atoms. The maximum Gasteiger partial charge on any atom is 0.347 e. The van der Waals surface area contributed by atoms with Crippen LogP contribution in [0.2, 0.25) is 0 Å². The van der Waals surface area contributed by atoms with Crippen LogP contribution in [0.15, 0.2) is 42.5 Å². The van der Waals surface area contributed by atoms with Crippen molar-refractivity contribution < 1.29 is 32.9 Å². The molecule has 150 valence electrons. The summed E-state index contributed by atoms with van der Waals surface area (Å²) in [6.45, 7) is 2.92. The second kappa shape index (κ2) is 9.59. The number of carbonyl (C=O) groups is 2. The molecule has 0 aliphatic rings. The molecule has 1 amide bonds.